The quantitative estimate of drug-likeness (QED) is 0.531. The van der Waals surface area contributed by atoms with Crippen molar-refractivity contribution in [2.75, 3.05) is 45.8 Å². The van der Waals surface area contributed by atoms with Crippen molar-refractivity contribution in [3.8, 4) is 11.5 Å². The molecule has 2 heterocycles. The summed E-state index contributed by atoms with van der Waals surface area (Å²) < 4.78 is 16.0. The second kappa shape index (κ2) is 10.2. The first-order valence-corrected chi connectivity index (χ1v) is 10.4. The Balaban J connectivity index is 1.48. The first-order valence-electron chi connectivity index (χ1n) is 10.4. The van der Waals surface area contributed by atoms with E-state index in [0.29, 0.717) is 6.04 Å². The molecule has 8 nitrogen and oxygen atoms in total. The van der Waals surface area contributed by atoms with E-state index in [4.69, 9.17) is 14.0 Å². The molecule has 0 aliphatic carbocycles. The summed E-state index contributed by atoms with van der Waals surface area (Å²) in [5.74, 6) is 3.35. The van der Waals surface area contributed by atoms with E-state index in [1.54, 1.807) is 14.2 Å². The van der Waals surface area contributed by atoms with Gasteiger partial charge in [0.1, 0.15) is 17.3 Å². The maximum Gasteiger partial charge on any atom is 0.191 e. The van der Waals surface area contributed by atoms with Crippen LogP contribution in [0.25, 0.3) is 0 Å². The average Bonchev–Trinajstić information content (AvgIpc) is 3.10. The van der Waals surface area contributed by atoms with Crippen LogP contribution < -0.4 is 25.0 Å². The van der Waals surface area contributed by atoms with Gasteiger partial charge >= 0.3 is 0 Å². The predicted octanol–water partition coefficient (Wildman–Crippen LogP) is 2.69. The van der Waals surface area contributed by atoms with E-state index in [1.807, 2.05) is 27.0 Å². The molecular weight excluding hydrogens is 382 g/mol. The Hall–Kier alpha value is -2.90. The van der Waals surface area contributed by atoms with E-state index in [-0.39, 0.29) is 0 Å². The molecule has 2 aromatic rings. The summed E-state index contributed by atoms with van der Waals surface area (Å²) in [5.41, 5.74) is 3.25. The number of nitrogens with zero attached hydrogens (tertiary/aromatic N) is 3. The number of aliphatic imine (C=N–C) groups is 1. The van der Waals surface area contributed by atoms with Crippen LogP contribution in [-0.2, 0) is 6.42 Å². The van der Waals surface area contributed by atoms with Crippen LogP contribution in [0.5, 0.6) is 11.5 Å². The van der Waals surface area contributed by atoms with Crippen molar-refractivity contribution in [2.45, 2.75) is 39.2 Å². The lowest BCUT2D eigenvalue weighted by molar-refractivity contribution is 0.392. The van der Waals surface area contributed by atoms with Crippen molar-refractivity contribution < 1.29 is 14.0 Å². The largest absolute Gasteiger partial charge is 0.497 e. The smallest absolute Gasteiger partial charge is 0.191 e. The minimum Gasteiger partial charge on any atom is -0.497 e. The van der Waals surface area contributed by atoms with Gasteiger partial charge in [-0.2, -0.15) is 0 Å². The Bertz CT molecular complexity index is 815. The number of hydrogen-bond acceptors (Lipinski definition) is 6. The van der Waals surface area contributed by atoms with Crippen LogP contribution in [0.15, 0.2) is 27.7 Å². The Morgan fingerprint density at radius 1 is 1.17 bits per heavy atom. The van der Waals surface area contributed by atoms with E-state index in [1.165, 1.54) is 5.56 Å². The van der Waals surface area contributed by atoms with Crippen molar-refractivity contribution in [3.05, 3.63) is 35.2 Å². The highest BCUT2D eigenvalue weighted by Crippen LogP contribution is 2.30. The minimum atomic E-state index is 0.388. The van der Waals surface area contributed by atoms with Crippen LogP contribution >= 0.6 is 0 Å². The van der Waals surface area contributed by atoms with Gasteiger partial charge in [0.05, 0.1) is 19.9 Å². The second-order valence-electron chi connectivity index (χ2n) is 7.53. The third-order valence-corrected chi connectivity index (χ3v) is 5.61. The highest BCUT2D eigenvalue weighted by molar-refractivity contribution is 5.80. The lowest BCUT2D eigenvalue weighted by atomic mass is 10.0. The van der Waals surface area contributed by atoms with Gasteiger partial charge in [-0.15, -0.1) is 0 Å². The van der Waals surface area contributed by atoms with Crippen LogP contribution in [0, 0.1) is 13.8 Å². The number of nitrogens with one attached hydrogen (secondary N) is 2. The fraction of sp³-hybridized carbons (Fsp3) is 0.545. The van der Waals surface area contributed by atoms with Gasteiger partial charge in [-0.05, 0) is 33.1 Å². The van der Waals surface area contributed by atoms with Crippen molar-refractivity contribution in [3.63, 3.8) is 0 Å². The minimum absolute atomic E-state index is 0.388. The van der Waals surface area contributed by atoms with Crippen LogP contribution in [0.1, 0.15) is 29.9 Å². The second-order valence-corrected chi connectivity index (χ2v) is 7.53. The van der Waals surface area contributed by atoms with Gasteiger partial charge in [0.2, 0.25) is 0 Å². The molecule has 0 spiro atoms. The van der Waals surface area contributed by atoms with Gasteiger partial charge in [-0.1, -0.05) is 5.16 Å². The molecule has 3 rings (SSSR count). The summed E-state index contributed by atoms with van der Waals surface area (Å²) in [6, 6.07) is 6.41. The summed E-state index contributed by atoms with van der Waals surface area (Å²) in [6.45, 7) is 6.64. The Kier molecular flexibility index (Phi) is 7.43. The van der Waals surface area contributed by atoms with E-state index >= 15 is 0 Å². The molecule has 0 saturated carbocycles. The number of rotatable bonds is 7. The molecule has 1 fully saturated rings. The number of benzene rings is 1. The molecule has 1 aromatic carbocycles. The Morgan fingerprint density at radius 3 is 2.37 bits per heavy atom. The molecule has 0 bridgehead atoms. The molecule has 1 aliphatic rings. The molecule has 0 atom stereocenters. The maximum atomic E-state index is 5.40. The number of methoxy groups -OCH3 is 2. The van der Waals surface area contributed by atoms with Gasteiger partial charge in [-0.25, -0.2) is 0 Å². The molecule has 1 aromatic heterocycles. The van der Waals surface area contributed by atoms with Gasteiger partial charge in [0.25, 0.3) is 0 Å². The van der Waals surface area contributed by atoms with Crippen LogP contribution in [-0.4, -0.2) is 58.1 Å². The number of piperidine rings is 1. The Morgan fingerprint density at radius 2 is 1.83 bits per heavy atom. The molecule has 0 radical (unpaired) electrons. The fourth-order valence-electron chi connectivity index (χ4n) is 3.81. The summed E-state index contributed by atoms with van der Waals surface area (Å²) in [5, 5.41) is 11.0. The standard InChI is InChI=1S/C22H33N5O3/c1-15-21(16(2)30-26-15)6-9-24-22(23-3)25-17-7-10-27(11-8-17)18-12-19(28-4)14-20(13-18)29-5/h12-14,17H,6-11H2,1-5H3,(H2,23,24,25). The number of anilines is 1. The lowest BCUT2D eigenvalue weighted by Gasteiger charge is -2.34. The summed E-state index contributed by atoms with van der Waals surface area (Å²) in [6.07, 6.45) is 2.92. The first-order chi connectivity index (χ1) is 14.5. The maximum absolute atomic E-state index is 5.40. The molecule has 8 heteroatoms. The molecule has 2 N–H and O–H groups in total. The van der Waals surface area contributed by atoms with Crippen molar-refractivity contribution in [1.82, 2.24) is 15.8 Å². The Labute approximate surface area is 178 Å². The third-order valence-electron chi connectivity index (χ3n) is 5.61. The van der Waals surface area contributed by atoms with Gasteiger partial charge < -0.3 is 29.5 Å². The van der Waals surface area contributed by atoms with Crippen molar-refractivity contribution >= 4 is 11.6 Å². The zero-order chi connectivity index (χ0) is 21.5. The summed E-state index contributed by atoms with van der Waals surface area (Å²) >= 11 is 0. The molecule has 0 amide bonds. The van der Waals surface area contributed by atoms with Gasteiger partial charge in [0, 0.05) is 62.2 Å². The zero-order valence-corrected chi connectivity index (χ0v) is 18.6. The van der Waals surface area contributed by atoms with Crippen molar-refractivity contribution in [1.29, 1.82) is 0 Å². The molecule has 30 heavy (non-hydrogen) atoms. The third kappa shape index (κ3) is 5.37. The number of ether oxygens (including phenoxy) is 2. The predicted molar refractivity (Wildman–Crippen MR) is 119 cm³/mol. The normalized spacial score (nSPS) is 15.2. The molecular formula is C22H33N5O3. The van der Waals surface area contributed by atoms with E-state index in [0.717, 1.165) is 73.5 Å². The molecule has 1 saturated heterocycles. The zero-order valence-electron chi connectivity index (χ0n) is 18.6. The van der Waals surface area contributed by atoms with Crippen LogP contribution in [0.3, 0.4) is 0 Å². The summed E-state index contributed by atoms with van der Waals surface area (Å²) in [4.78, 5) is 6.75. The number of aromatic nitrogens is 1. The first kappa shape index (κ1) is 21.8. The fourth-order valence-corrected chi connectivity index (χ4v) is 3.81. The summed E-state index contributed by atoms with van der Waals surface area (Å²) in [7, 11) is 5.17. The highest BCUT2D eigenvalue weighted by atomic mass is 16.5. The molecule has 1 aliphatic heterocycles. The van der Waals surface area contributed by atoms with Crippen LogP contribution in [0.2, 0.25) is 0 Å². The van der Waals surface area contributed by atoms with E-state index in [9.17, 15) is 0 Å². The number of aryl methyl sites for hydroxylation is 2. The number of guanidine groups is 1. The average molecular weight is 416 g/mol. The van der Waals surface area contributed by atoms with Gasteiger partial charge in [0.15, 0.2) is 5.96 Å². The lowest BCUT2D eigenvalue weighted by Crippen LogP contribution is -2.49. The molecule has 0 unspecified atom stereocenters. The monoisotopic (exact) mass is 415 g/mol. The van der Waals surface area contributed by atoms with E-state index in [2.05, 4.69) is 37.8 Å². The van der Waals surface area contributed by atoms with Gasteiger partial charge in [-0.3, -0.25) is 4.99 Å². The molecule has 164 valence electrons. The number of hydrogen-bond donors (Lipinski definition) is 2. The van der Waals surface area contributed by atoms with E-state index < -0.39 is 0 Å². The van der Waals surface area contributed by atoms with Crippen molar-refractivity contribution in [2.24, 2.45) is 4.99 Å². The SMILES string of the molecule is CN=C(NCCc1c(C)noc1C)NC1CCN(c2cc(OC)cc(OC)c2)CC1. The topological polar surface area (TPSA) is 84.2 Å². The van der Waals surface area contributed by atoms with Crippen LogP contribution in [0.4, 0.5) is 5.69 Å². The highest BCUT2D eigenvalue weighted by Gasteiger charge is 2.21.